The second-order valence-corrected chi connectivity index (χ2v) is 6.45. The van der Waals surface area contributed by atoms with Gasteiger partial charge in [-0.2, -0.15) is 0 Å². The number of rotatable bonds is 4. The molecule has 0 aliphatic heterocycles. The van der Waals surface area contributed by atoms with E-state index in [4.69, 9.17) is 5.73 Å². The number of anilines is 1. The van der Waals surface area contributed by atoms with Crippen molar-refractivity contribution in [2.75, 3.05) is 5.73 Å². The molecule has 0 saturated carbocycles. The maximum Gasteiger partial charge on any atom is 0.244 e. The number of hydrogen-bond donors (Lipinski definition) is 2. The van der Waals surface area contributed by atoms with Crippen LogP contribution in [0.2, 0.25) is 0 Å². The average Bonchev–Trinajstić information content (AvgIpc) is 2.41. The molecule has 0 amide bonds. The van der Waals surface area contributed by atoms with Crippen molar-refractivity contribution in [1.29, 1.82) is 0 Å². The Morgan fingerprint density at radius 2 is 2.05 bits per heavy atom. The lowest BCUT2D eigenvalue weighted by Gasteiger charge is -2.16. The van der Waals surface area contributed by atoms with Gasteiger partial charge in [-0.1, -0.05) is 12.1 Å². The second kappa shape index (κ2) is 5.79. The maximum absolute atomic E-state index is 13.6. The van der Waals surface area contributed by atoms with E-state index in [2.05, 4.69) is 9.71 Å². The van der Waals surface area contributed by atoms with E-state index >= 15 is 0 Å². The number of sulfonamides is 1. The van der Waals surface area contributed by atoms with Crippen molar-refractivity contribution in [3.63, 3.8) is 0 Å². The Bertz CT molecular complexity index is 763. The minimum absolute atomic E-state index is 0.0931. The van der Waals surface area contributed by atoms with E-state index in [1.54, 1.807) is 26.0 Å². The number of nitrogens with zero attached hydrogens (tertiary/aromatic N) is 1. The molecule has 0 aliphatic rings. The fourth-order valence-corrected chi connectivity index (χ4v) is 3.16. The highest BCUT2D eigenvalue weighted by atomic mass is 32.2. The van der Waals surface area contributed by atoms with Crippen LogP contribution in [0, 0.1) is 12.7 Å². The van der Waals surface area contributed by atoms with Crippen molar-refractivity contribution in [2.24, 2.45) is 0 Å². The summed E-state index contributed by atoms with van der Waals surface area (Å²) in [6, 6.07) is 5.41. The Kier molecular flexibility index (Phi) is 4.24. The van der Waals surface area contributed by atoms with Crippen molar-refractivity contribution >= 4 is 15.7 Å². The molecule has 0 bridgehead atoms. The number of halogens is 1. The molecule has 3 N–H and O–H groups in total. The van der Waals surface area contributed by atoms with E-state index in [1.165, 1.54) is 24.5 Å². The van der Waals surface area contributed by atoms with Gasteiger partial charge in [0.2, 0.25) is 10.0 Å². The molecule has 2 aromatic rings. The molecule has 2 rings (SSSR count). The molecule has 7 heteroatoms. The van der Waals surface area contributed by atoms with Gasteiger partial charge in [-0.25, -0.2) is 17.5 Å². The largest absolute Gasteiger partial charge is 0.398 e. The first kappa shape index (κ1) is 15.4. The molecule has 1 unspecified atom stereocenters. The monoisotopic (exact) mass is 309 g/mol. The first-order valence-electron chi connectivity index (χ1n) is 6.29. The summed E-state index contributed by atoms with van der Waals surface area (Å²) in [5, 5.41) is 0. The fourth-order valence-electron chi connectivity index (χ4n) is 1.86. The predicted octanol–water partition coefficient (Wildman–Crippen LogP) is 2.15. The third kappa shape index (κ3) is 3.37. The quantitative estimate of drug-likeness (QED) is 0.906. The van der Waals surface area contributed by atoms with Crippen LogP contribution in [0.1, 0.15) is 24.1 Å². The smallest absolute Gasteiger partial charge is 0.244 e. The minimum Gasteiger partial charge on any atom is -0.398 e. The van der Waals surface area contributed by atoms with Crippen LogP contribution >= 0.6 is 0 Å². The van der Waals surface area contributed by atoms with Crippen LogP contribution in [0.25, 0.3) is 0 Å². The number of nitrogen functional groups attached to an aromatic ring is 1. The van der Waals surface area contributed by atoms with Gasteiger partial charge in [-0.15, -0.1) is 0 Å². The summed E-state index contributed by atoms with van der Waals surface area (Å²) in [6.45, 7) is 3.28. The maximum atomic E-state index is 13.6. The van der Waals surface area contributed by atoms with Gasteiger partial charge in [-0.05, 0) is 37.1 Å². The normalized spacial score (nSPS) is 13.1. The van der Waals surface area contributed by atoms with Gasteiger partial charge in [0.15, 0.2) is 0 Å². The first-order chi connectivity index (χ1) is 9.81. The summed E-state index contributed by atoms with van der Waals surface area (Å²) < 4.78 is 40.5. The van der Waals surface area contributed by atoms with Crippen LogP contribution in [0.4, 0.5) is 10.1 Å². The molecule has 112 valence electrons. The summed E-state index contributed by atoms with van der Waals surface area (Å²) in [5.74, 6) is -0.376. The molecule has 1 aromatic carbocycles. The van der Waals surface area contributed by atoms with Crippen molar-refractivity contribution in [3.05, 3.63) is 53.6 Å². The number of pyridine rings is 1. The number of nitrogens with one attached hydrogen (secondary N) is 1. The van der Waals surface area contributed by atoms with Gasteiger partial charge in [0.25, 0.3) is 0 Å². The van der Waals surface area contributed by atoms with Crippen LogP contribution in [0.3, 0.4) is 0 Å². The number of aryl methyl sites for hydroxylation is 1. The average molecular weight is 309 g/mol. The highest BCUT2D eigenvalue weighted by molar-refractivity contribution is 7.89. The molecule has 1 heterocycles. The fraction of sp³-hybridized carbons (Fsp3) is 0.214. The van der Waals surface area contributed by atoms with E-state index in [0.29, 0.717) is 11.1 Å². The van der Waals surface area contributed by atoms with E-state index in [0.717, 1.165) is 0 Å². The Balaban J connectivity index is 2.28. The van der Waals surface area contributed by atoms with E-state index in [1.807, 2.05) is 0 Å². The number of benzene rings is 1. The molecular weight excluding hydrogens is 293 g/mol. The van der Waals surface area contributed by atoms with Gasteiger partial charge in [0, 0.05) is 18.4 Å². The van der Waals surface area contributed by atoms with Gasteiger partial charge in [0.1, 0.15) is 10.7 Å². The van der Waals surface area contributed by atoms with Gasteiger partial charge in [0.05, 0.1) is 5.69 Å². The molecule has 5 nitrogen and oxygen atoms in total. The highest BCUT2D eigenvalue weighted by Gasteiger charge is 2.21. The van der Waals surface area contributed by atoms with Crippen LogP contribution in [0.5, 0.6) is 0 Å². The topological polar surface area (TPSA) is 85.1 Å². The van der Waals surface area contributed by atoms with Gasteiger partial charge in [-0.3, -0.25) is 4.98 Å². The summed E-state index contributed by atoms with van der Waals surface area (Å²) in [5.41, 5.74) is 6.79. The molecule has 0 saturated heterocycles. The Hall–Kier alpha value is -1.99. The Morgan fingerprint density at radius 3 is 2.67 bits per heavy atom. The predicted molar refractivity (Wildman–Crippen MR) is 78.5 cm³/mol. The molecule has 0 fully saturated rings. The molecular formula is C14H16FN3O2S. The molecule has 21 heavy (non-hydrogen) atoms. The summed E-state index contributed by atoms with van der Waals surface area (Å²) in [4.78, 5) is 3.67. The van der Waals surface area contributed by atoms with E-state index in [-0.39, 0.29) is 16.4 Å². The SMILES string of the molecule is Cc1ccc(C(C)NS(=O)(=O)c2cnccc2N)cc1F. The Labute approximate surface area is 123 Å². The van der Waals surface area contributed by atoms with Crippen molar-refractivity contribution < 1.29 is 12.8 Å². The third-order valence-electron chi connectivity index (χ3n) is 3.13. The second-order valence-electron chi connectivity index (χ2n) is 4.77. The zero-order chi connectivity index (χ0) is 15.6. The molecule has 0 spiro atoms. The van der Waals surface area contributed by atoms with E-state index < -0.39 is 16.1 Å². The molecule has 1 atom stereocenters. The number of hydrogen-bond acceptors (Lipinski definition) is 4. The Morgan fingerprint density at radius 1 is 1.33 bits per heavy atom. The highest BCUT2D eigenvalue weighted by Crippen LogP contribution is 2.21. The van der Waals surface area contributed by atoms with Crippen LogP contribution < -0.4 is 10.5 Å². The lowest BCUT2D eigenvalue weighted by atomic mass is 10.1. The van der Waals surface area contributed by atoms with Crippen LogP contribution in [-0.2, 0) is 10.0 Å². The zero-order valence-electron chi connectivity index (χ0n) is 11.7. The van der Waals surface area contributed by atoms with Gasteiger partial charge < -0.3 is 5.73 Å². The first-order valence-corrected chi connectivity index (χ1v) is 7.77. The summed E-state index contributed by atoms with van der Waals surface area (Å²) >= 11 is 0. The minimum atomic E-state index is -3.82. The zero-order valence-corrected chi connectivity index (χ0v) is 12.5. The molecule has 1 aromatic heterocycles. The number of aromatic nitrogens is 1. The van der Waals surface area contributed by atoms with Crippen molar-refractivity contribution in [3.8, 4) is 0 Å². The lowest BCUT2D eigenvalue weighted by Crippen LogP contribution is -2.27. The molecule has 0 radical (unpaired) electrons. The molecule has 0 aliphatic carbocycles. The third-order valence-corrected chi connectivity index (χ3v) is 4.72. The van der Waals surface area contributed by atoms with Crippen LogP contribution in [0.15, 0.2) is 41.6 Å². The lowest BCUT2D eigenvalue weighted by molar-refractivity contribution is 0.564. The number of nitrogens with two attached hydrogens (primary N) is 1. The van der Waals surface area contributed by atoms with Gasteiger partial charge >= 0.3 is 0 Å². The summed E-state index contributed by atoms with van der Waals surface area (Å²) in [7, 11) is -3.82. The van der Waals surface area contributed by atoms with Crippen molar-refractivity contribution in [1.82, 2.24) is 9.71 Å². The van der Waals surface area contributed by atoms with E-state index in [9.17, 15) is 12.8 Å². The summed E-state index contributed by atoms with van der Waals surface area (Å²) in [6.07, 6.45) is 2.59. The van der Waals surface area contributed by atoms with Crippen LogP contribution in [-0.4, -0.2) is 13.4 Å². The van der Waals surface area contributed by atoms with Crippen molar-refractivity contribution in [2.45, 2.75) is 24.8 Å². The standard InChI is InChI=1S/C14H16FN3O2S/c1-9-3-4-11(7-12(9)15)10(2)18-21(19,20)14-8-17-6-5-13(14)16/h3-8,10,18H,1-2H3,(H2,16,17).